The number of rotatable bonds is 4. The Balaban J connectivity index is 1.84. The Hall–Kier alpha value is -3.84. The molecule has 174 valence electrons. The molecule has 12 heteroatoms. The van der Waals surface area contributed by atoms with Gasteiger partial charge in [-0.1, -0.05) is 0 Å². The van der Waals surface area contributed by atoms with Crippen LogP contribution in [0.15, 0.2) is 45.6 Å². The van der Waals surface area contributed by atoms with Gasteiger partial charge in [-0.25, -0.2) is 4.79 Å². The van der Waals surface area contributed by atoms with Crippen LogP contribution in [0.2, 0.25) is 0 Å². The first kappa shape index (κ1) is 22.4. The smallest absolute Gasteiger partial charge is 0.335 e. The maximum atomic E-state index is 12.7. The largest absolute Gasteiger partial charge is 0.508 e. The van der Waals surface area contributed by atoms with Crippen molar-refractivity contribution in [2.45, 2.75) is 30.7 Å². The van der Waals surface area contributed by atoms with Crippen molar-refractivity contribution in [3.05, 3.63) is 46.6 Å². The van der Waals surface area contributed by atoms with Gasteiger partial charge >= 0.3 is 5.97 Å². The van der Waals surface area contributed by atoms with E-state index in [1.54, 1.807) is 0 Å². The van der Waals surface area contributed by atoms with Crippen molar-refractivity contribution in [2.24, 2.45) is 0 Å². The van der Waals surface area contributed by atoms with Crippen molar-refractivity contribution in [1.82, 2.24) is 0 Å². The van der Waals surface area contributed by atoms with E-state index < -0.39 is 70.3 Å². The van der Waals surface area contributed by atoms with E-state index in [0.29, 0.717) is 5.56 Å². The fourth-order valence-corrected chi connectivity index (χ4v) is 3.43. The normalized spacial score (nSPS) is 25.1. The first-order chi connectivity index (χ1) is 15.6. The number of carboxylic acids is 1. The van der Waals surface area contributed by atoms with E-state index in [9.17, 15) is 45.3 Å². The Labute approximate surface area is 183 Å². The van der Waals surface area contributed by atoms with Gasteiger partial charge in [0.05, 0.1) is 0 Å². The molecule has 1 fully saturated rings. The summed E-state index contributed by atoms with van der Waals surface area (Å²) in [5, 5.41) is 68.7. The maximum absolute atomic E-state index is 12.7. The predicted molar refractivity (Wildman–Crippen MR) is 108 cm³/mol. The third-order valence-electron chi connectivity index (χ3n) is 5.11. The van der Waals surface area contributed by atoms with Crippen molar-refractivity contribution in [3.8, 4) is 34.3 Å². The summed E-state index contributed by atoms with van der Waals surface area (Å²) in [5.41, 5.74) is -0.851. The summed E-state index contributed by atoms with van der Waals surface area (Å²) in [5.74, 6) is -3.73. The van der Waals surface area contributed by atoms with Crippen molar-refractivity contribution in [3.63, 3.8) is 0 Å². The number of benzene rings is 2. The zero-order valence-electron chi connectivity index (χ0n) is 16.5. The molecule has 5 atom stereocenters. The number of hydrogen-bond donors (Lipinski definition) is 7. The molecule has 0 bridgehead atoms. The second kappa shape index (κ2) is 8.26. The summed E-state index contributed by atoms with van der Waals surface area (Å²) >= 11 is 0. The number of aliphatic hydroxyl groups excluding tert-OH is 3. The van der Waals surface area contributed by atoms with Crippen LogP contribution in [0.1, 0.15) is 0 Å². The minimum atomic E-state index is -1.98. The van der Waals surface area contributed by atoms with Crippen LogP contribution in [-0.4, -0.2) is 72.4 Å². The molecule has 3 aromatic rings. The summed E-state index contributed by atoms with van der Waals surface area (Å²) in [6, 6.07) is 7.37. The van der Waals surface area contributed by atoms with Crippen molar-refractivity contribution in [2.75, 3.05) is 0 Å². The highest BCUT2D eigenvalue weighted by Gasteiger charge is 2.48. The molecule has 2 heterocycles. The molecule has 0 unspecified atom stereocenters. The summed E-state index contributed by atoms with van der Waals surface area (Å²) in [6.45, 7) is 0. The minimum absolute atomic E-state index is 0.0358. The molecule has 1 aliphatic heterocycles. The number of carbonyl (C=O) groups is 1. The number of hydrogen-bond acceptors (Lipinski definition) is 11. The van der Waals surface area contributed by atoms with Crippen molar-refractivity contribution in [1.29, 1.82) is 0 Å². The minimum Gasteiger partial charge on any atom is -0.508 e. The first-order valence-electron chi connectivity index (χ1n) is 9.49. The molecule has 12 nitrogen and oxygen atoms in total. The Morgan fingerprint density at radius 1 is 0.909 bits per heavy atom. The summed E-state index contributed by atoms with van der Waals surface area (Å²) < 4.78 is 16.1. The molecular formula is C21H18O12. The van der Waals surface area contributed by atoms with E-state index in [2.05, 4.69) is 0 Å². The van der Waals surface area contributed by atoms with Crippen molar-refractivity contribution < 1.29 is 54.4 Å². The van der Waals surface area contributed by atoms with E-state index in [0.717, 1.165) is 12.1 Å². The Morgan fingerprint density at radius 2 is 1.58 bits per heavy atom. The topological polar surface area (TPSA) is 207 Å². The molecule has 2 aromatic carbocycles. The lowest BCUT2D eigenvalue weighted by molar-refractivity contribution is -0.271. The fourth-order valence-electron chi connectivity index (χ4n) is 3.43. The lowest BCUT2D eigenvalue weighted by atomic mass is 9.99. The summed E-state index contributed by atoms with van der Waals surface area (Å²) in [4.78, 5) is 24.0. The molecule has 0 amide bonds. The highest BCUT2D eigenvalue weighted by molar-refractivity contribution is 5.91. The van der Waals surface area contributed by atoms with Gasteiger partial charge in [0, 0.05) is 17.7 Å². The second-order valence-electron chi connectivity index (χ2n) is 7.32. The molecular weight excluding hydrogens is 444 g/mol. The van der Waals surface area contributed by atoms with Crippen LogP contribution in [0.25, 0.3) is 22.3 Å². The molecule has 0 saturated carbocycles. The van der Waals surface area contributed by atoms with Gasteiger partial charge in [0.2, 0.25) is 12.0 Å². The number of phenolic OH excluding ortho intramolecular Hbond substituents is 3. The third-order valence-corrected chi connectivity index (χ3v) is 5.11. The van der Waals surface area contributed by atoms with Gasteiger partial charge in [-0.2, -0.15) is 0 Å². The van der Waals surface area contributed by atoms with E-state index in [4.69, 9.17) is 13.9 Å². The van der Waals surface area contributed by atoms with Crippen LogP contribution in [-0.2, 0) is 9.53 Å². The van der Waals surface area contributed by atoms with Gasteiger partial charge in [0.1, 0.15) is 41.0 Å². The van der Waals surface area contributed by atoms with Gasteiger partial charge in [-0.05, 0) is 24.3 Å². The highest BCUT2D eigenvalue weighted by Crippen LogP contribution is 2.42. The number of phenols is 3. The average Bonchev–Trinajstić information content (AvgIpc) is 2.76. The van der Waals surface area contributed by atoms with Gasteiger partial charge in [0.25, 0.3) is 0 Å². The Bertz CT molecular complexity index is 1260. The van der Waals surface area contributed by atoms with E-state index in [1.165, 1.54) is 24.3 Å². The lowest BCUT2D eigenvalue weighted by Gasteiger charge is -2.38. The van der Waals surface area contributed by atoms with Crippen LogP contribution >= 0.6 is 0 Å². The summed E-state index contributed by atoms with van der Waals surface area (Å²) in [6.07, 6.45) is -9.79. The fraction of sp³-hybridized carbons (Fsp3) is 0.238. The summed E-state index contributed by atoms with van der Waals surface area (Å²) in [7, 11) is 0. The molecule has 0 aliphatic carbocycles. The standard InChI is InChI=1S/C21H18O12/c22-8-3-1-7(2-4-8)12-6-10(24)13-9(23)5-11(25)17(18(13)31-12)32-21-16(28)14(26)15(27)19(33-21)20(29)30/h1-6,14-16,19,21-23,25-28H,(H,29,30)/t14-,15-,16+,19+,21-/m0/s1. The van der Waals surface area contributed by atoms with Crippen LogP contribution in [0.4, 0.5) is 0 Å². The highest BCUT2D eigenvalue weighted by atomic mass is 16.7. The zero-order valence-corrected chi connectivity index (χ0v) is 16.5. The van der Waals surface area contributed by atoms with E-state index >= 15 is 0 Å². The van der Waals surface area contributed by atoms with E-state index in [1.807, 2.05) is 0 Å². The van der Waals surface area contributed by atoms with Gasteiger partial charge in [-0.15, -0.1) is 0 Å². The number of ether oxygens (including phenoxy) is 2. The molecule has 1 aromatic heterocycles. The average molecular weight is 462 g/mol. The molecule has 0 spiro atoms. The third kappa shape index (κ3) is 3.91. The molecule has 1 saturated heterocycles. The number of fused-ring (bicyclic) bond motifs is 1. The molecule has 7 N–H and O–H groups in total. The van der Waals surface area contributed by atoms with Crippen LogP contribution in [0.5, 0.6) is 23.0 Å². The predicted octanol–water partition coefficient (Wildman–Crippen LogP) is -0.152. The molecule has 0 radical (unpaired) electrons. The number of carboxylic acid groups (broad SMARTS) is 1. The SMILES string of the molecule is O=C(O)[C@@H]1O[C@H](Oc2c(O)cc(O)c3c(=O)cc(-c4ccc(O)cc4)oc23)[C@H](O)[C@@H](O)[C@@H]1O. The molecule has 4 rings (SSSR count). The van der Waals surface area contributed by atoms with Crippen LogP contribution in [0, 0.1) is 0 Å². The van der Waals surface area contributed by atoms with Gasteiger partial charge in [0.15, 0.2) is 22.9 Å². The monoisotopic (exact) mass is 462 g/mol. The van der Waals surface area contributed by atoms with Crippen molar-refractivity contribution >= 4 is 16.9 Å². The number of aromatic hydroxyl groups is 3. The first-order valence-corrected chi connectivity index (χ1v) is 9.49. The van der Waals surface area contributed by atoms with Gasteiger partial charge < -0.3 is 49.6 Å². The zero-order chi connectivity index (χ0) is 24.0. The number of aliphatic carboxylic acids is 1. The van der Waals surface area contributed by atoms with E-state index in [-0.39, 0.29) is 11.5 Å². The quantitative estimate of drug-likeness (QED) is 0.270. The second-order valence-corrected chi connectivity index (χ2v) is 7.32. The Kier molecular flexibility index (Phi) is 5.59. The lowest BCUT2D eigenvalue weighted by Crippen LogP contribution is -2.61. The molecule has 33 heavy (non-hydrogen) atoms. The van der Waals surface area contributed by atoms with Crippen LogP contribution < -0.4 is 10.2 Å². The number of aliphatic hydroxyl groups is 3. The molecule has 1 aliphatic rings. The van der Waals surface area contributed by atoms with Gasteiger partial charge in [-0.3, -0.25) is 4.79 Å². The van der Waals surface area contributed by atoms with Crippen LogP contribution in [0.3, 0.4) is 0 Å². The maximum Gasteiger partial charge on any atom is 0.335 e. The Morgan fingerprint density at radius 3 is 2.21 bits per heavy atom.